The molecule has 31 heavy (non-hydrogen) atoms. The van der Waals surface area contributed by atoms with Gasteiger partial charge in [-0.2, -0.15) is 0 Å². The number of rotatable bonds is 4. The van der Waals surface area contributed by atoms with E-state index >= 15 is 0 Å². The van der Waals surface area contributed by atoms with Gasteiger partial charge in [0.1, 0.15) is 17.1 Å². The molecule has 0 saturated carbocycles. The number of hydrogen-bond acceptors (Lipinski definition) is 4. The Hall–Kier alpha value is -3.19. The number of amides is 2. The van der Waals surface area contributed by atoms with Gasteiger partial charge in [-0.15, -0.1) is 0 Å². The van der Waals surface area contributed by atoms with Gasteiger partial charge in [0, 0.05) is 15.6 Å². The minimum Gasteiger partial charge on any atom is -0.457 e. The molecule has 8 heteroatoms. The van der Waals surface area contributed by atoms with Gasteiger partial charge in [-0.05, 0) is 66.8 Å². The zero-order valence-corrected chi connectivity index (χ0v) is 18.2. The summed E-state index contributed by atoms with van der Waals surface area (Å²) in [6.45, 7) is 0. The number of carbonyl (C=O) groups is 2. The summed E-state index contributed by atoms with van der Waals surface area (Å²) in [5.74, 6) is 0.0784. The SMILES string of the molecule is O=C1NC(=S)N(c2ccc(Oc3ccccc3)cc2)C(=O)/C1=C/c1c(Cl)cccc1Cl. The predicted molar refractivity (Wildman–Crippen MR) is 126 cm³/mol. The van der Waals surface area contributed by atoms with Gasteiger partial charge in [-0.1, -0.05) is 47.5 Å². The molecule has 1 N–H and O–H groups in total. The Bertz CT molecular complexity index is 1190. The van der Waals surface area contributed by atoms with Crippen LogP contribution in [-0.4, -0.2) is 16.9 Å². The molecule has 1 saturated heterocycles. The number of para-hydroxylation sites is 1. The first kappa shape index (κ1) is 21.1. The molecule has 0 bridgehead atoms. The van der Waals surface area contributed by atoms with Crippen LogP contribution < -0.4 is 15.0 Å². The van der Waals surface area contributed by atoms with Crippen molar-refractivity contribution in [2.75, 3.05) is 4.90 Å². The van der Waals surface area contributed by atoms with Gasteiger partial charge in [0.25, 0.3) is 11.8 Å². The van der Waals surface area contributed by atoms with E-state index in [2.05, 4.69) is 5.32 Å². The second kappa shape index (κ2) is 8.89. The first-order chi connectivity index (χ1) is 14.9. The number of anilines is 1. The number of hydrogen-bond donors (Lipinski definition) is 1. The summed E-state index contributed by atoms with van der Waals surface area (Å²) in [6.07, 6.45) is 1.37. The number of carbonyl (C=O) groups excluding carboxylic acids is 2. The topological polar surface area (TPSA) is 58.6 Å². The Morgan fingerprint density at radius 2 is 1.45 bits per heavy atom. The van der Waals surface area contributed by atoms with Gasteiger partial charge >= 0.3 is 0 Å². The average Bonchev–Trinajstić information content (AvgIpc) is 2.75. The largest absolute Gasteiger partial charge is 0.457 e. The van der Waals surface area contributed by atoms with Gasteiger partial charge in [0.05, 0.1) is 5.69 Å². The number of benzene rings is 3. The number of nitrogens with one attached hydrogen (secondary N) is 1. The van der Waals surface area contributed by atoms with E-state index in [1.807, 2.05) is 30.3 Å². The molecule has 0 radical (unpaired) electrons. The standard InChI is InChI=1S/C23H14Cl2N2O3S/c24-19-7-4-8-20(25)17(19)13-18-21(28)26-23(31)27(22(18)29)14-9-11-16(12-10-14)30-15-5-2-1-3-6-15/h1-13H,(H,26,28,31)/b18-13+. The van der Waals surface area contributed by atoms with Crippen LogP contribution in [0.3, 0.4) is 0 Å². The van der Waals surface area contributed by atoms with Crippen molar-refractivity contribution < 1.29 is 14.3 Å². The Morgan fingerprint density at radius 3 is 2.10 bits per heavy atom. The fourth-order valence-electron chi connectivity index (χ4n) is 2.97. The molecule has 3 aromatic rings. The van der Waals surface area contributed by atoms with E-state index in [1.165, 1.54) is 11.0 Å². The van der Waals surface area contributed by atoms with Crippen LogP contribution in [-0.2, 0) is 9.59 Å². The molecule has 1 aliphatic rings. The monoisotopic (exact) mass is 468 g/mol. The lowest BCUT2D eigenvalue weighted by Crippen LogP contribution is -2.54. The summed E-state index contributed by atoms with van der Waals surface area (Å²) >= 11 is 17.6. The quantitative estimate of drug-likeness (QED) is 0.306. The van der Waals surface area contributed by atoms with Crippen molar-refractivity contribution in [3.8, 4) is 11.5 Å². The molecule has 3 aromatic carbocycles. The van der Waals surface area contributed by atoms with Crippen LogP contribution in [0.2, 0.25) is 10.0 Å². The molecular formula is C23H14Cl2N2O3S. The number of thiocarbonyl (C=S) groups is 1. The van der Waals surface area contributed by atoms with Crippen molar-refractivity contribution in [3.05, 3.63) is 94.0 Å². The van der Waals surface area contributed by atoms with Crippen molar-refractivity contribution in [1.29, 1.82) is 0 Å². The summed E-state index contributed by atoms with van der Waals surface area (Å²) in [6, 6.07) is 21.0. The summed E-state index contributed by atoms with van der Waals surface area (Å²) in [4.78, 5) is 26.8. The number of halogens is 2. The highest BCUT2D eigenvalue weighted by Crippen LogP contribution is 2.30. The second-order valence-corrected chi connectivity index (χ2v) is 7.70. The third kappa shape index (κ3) is 4.46. The first-order valence-corrected chi connectivity index (χ1v) is 10.3. The van der Waals surface area contributed by atoms with E-state index in [1.54, 1.807) is 42.5 Å². The normalized spacial score (nSPS) is 15.2. The van der Waals surface area contributed by atoms with Crippen molar-refractivity contribution in [2.45, 2.75) is 0 Å². The lowest BCUT2D eigenvalue weighted by atomic mass is 10.1. The fourth-order valence-corrected chi connectivity index (χ4v) is 3.76. The zero-order valence-electron chi connectivity index (χ0n) is 15.8. The van der Waals surface area contributed by atoms with Gasteiger partial charge in [0.2, 0.25) is 0 Å². The summed E-state index contributed by atoms with van der Waals surface area (Å²) < 4.78 is 5.77. The maximum absolute atomic E-state index is 13.1. The highest BCUT2D eigenvalue weighted by atomic mass is 35.5. The number of nitrogens with zero attached hydrogens (tertiary/aromatic N) is 1. The molecule has 0 atom stereocenters. The Labute approximate surface area is 193 Å². The lowest BCUT2D eigenvalue weighted by Gasteiger charge is -2.29. The molecular weight excluding hydrogens is 455 g/mol. The Kier molecular flexibility index (Phi) is 6.04. The van der Waals surface area contributed by atoms with Crippen molar-refractivity contribution in [2.24, 2.45) is 0 Å². The van der Waals surface area contributed by atoms with Crippen LogP contribution in [0.15, 0.2) is 78.4 Å². The van der Waals surface area contributed by atoms with Crippen molar-refractivity contribution in [3.63, 3.8) is 0 Å². The highest BCUT2D eigenvalue weighted by molar-refractivity contribution is 7.80. The van der Waals surface area contributed by atoms with Crippen LogP contribution in [0.4, 0.5) is 5.69 Å². The minimum absolute atomic E-state index is 0.0193. The summed E-state index contributed by atoms with van der Waals surface area (Å²) in [5.41, 5.74) is 0.725. The van der Waals surface area contributed by atoms with E-state index in [0.717, 1.165) is 0 Å². The zero-order chi connectivity index (χ0) is 22.0. The summed E-state index contributed by atoms with van der Waals surface area (Å²) in [7, 11) is 0. The van der Waals surface area contributed by atoms with Crippen LogP contribution in [0, 0.1) is 0 Å². The maximum atomic E-state index is 13.1. The highest BCUT2D eigenvalue weighted by Gasteiger charge is 2.34. The molecule has 1 heterocycles. The maximum Gasteiger partial charge on any atom is 0.270 e. The molecule has 0 unspecified atom stereocenters. The Balaban J connectivity index is 1.63. The van der Waals surface area contributed by atoms with E-state index in [0.29, 0.717) is 32.8 Å². The van der Waals surface area contributed by atoms with E-state index in [-0.39, 0.29) is 10.7 Å². The molecule has 1 aliphatic heterocycles. The average molecular weight is 469 g/mol. The molecule has 2 amide bonds. The van der Waals surface area contributed by atoms with Gasteiger partial charge < -0.3 is 4.74 Å². The molecule has 4 rings (SSSR count). The lowest BCUT2D eigenvalue weighted by molar-refractivity contribution is -0.122. The number of ether oxygens (including phenoxy) is 1. The molecule has 0 aliphatic carbocycles. The molecule has 154 valence electrons. The van der Waals surface area contributed by atoms with Crippen molar-refractivity contribution in [1.82, 2.24) is 5.32 Å². The van der Waals surface area contributed by atoms with E-state index in [4.69, 9.17) is 40.2 Å². The van der Waals surface area contributed by atoms with E-state index < -0.39 is 11.8 Å². The van der Waals surface area contributed by atoms with Crippen LogP contribution in [0.1, 0.15) is 5.56 Å². The predicted octanol–water partition coefficient (Wildman–Crippen LogP) is 5.62. The molecule has 0 spiro atoms. The molecule has 0 aromatic heterocycles. The second-order valence-electron chi connectivity index (χ2n) is 6.50. The van der Waals surface area contributed by atoms with Crippen LogP contribution in [0.5, 0.6) is 11.5 Å². The van der Waals surface area contributed by atoms with Gasteiger partial charge in [-0.25, -0.2) is 0 Å². The van der Waals surface area contributed by atoms with Crippen LogP contribution in [0.25, 0.3) is 6.08 Å². The molecule has 5 nitrogen and oxygen atoms in total. The van der Waals surface area contributed by atoms with Gasteiger partial charge in [0.15, 0.2) is 5.11 Å². The first-order valence-electron chi connectivity index (χ1n) is 9.12. The van der Waals surface area contributed by atoms with Gasteiger partial charge in [-0.3, -0.25) is 19.8 Å². The third-order valence-corrected chi connectivity index (χ3v) is 5.41. The third-order valence-electron chi connectivity index (χ3n) is 4.46. The minimum atomic E-state index is -0.619. The smallest absolute Gasteiger partial charge is 0.270 e. The molecule has 1 fully saturated rings. The van der Waals surface area contributed by atoms with E-state index in [9.17, 15) is 9.59 Å². The fraction of sp³-hybridized carbons (Fsp3) is 0. The van der Waals surface area contributed by atoms with Crippen LogP contribution >= 0.6 is 35.4 Å². The summed E-state index contributed by atoms with van der Waals surface area (Å²) in [5, 5.41) is 3.16. The van der Waals surface area contributed by atoms with Crippen molar-refractivity contribution >= 4 is 64.1 Å². The Morgan fingerprint density at radius 1 is 0.839 bits per heavy atom.